The van der Waals surface area contributed by atoms with Crippen LogP contribution < -0.4 is 4.90 Å². The van der Waals surface area contributed by atoms with Gasteiger partial charge in [0, 0.05) is 5.69 Å². The molecule has 0 amide bonds. The third-order valence-corrected chi connectivity index (χ3v) is 3.86. The Morgan fingerprint density at radius 2 is 1.73 bits per heavy atom. The van der Waals surface area contributed by atoms with Crippen molar-refractivity contribution in [3.8, 4) is 5.69 Å². The lowest BCUT2D eigenvalue weighted by Gasteiger charge is -2.31. The zero-order valence-electron chi connectivity index (χ0n) is 14.5. The number of hydrogen-bond acceptors (Lipinski definition) is 9. The fourth-order valence-corrected chi connectivity index (χ4v) is 2.59. The van der Waals surface area contributed by atoms with Crippen molar-refractivity contribution in [3.05, 3.63) is 41.4 Å². The molecule has 136 valence electrons. The molecule has 0 aliphatic carbocycles. The Morgan fingerprint density at radius 3 is 2.31 bits per heavy atom. The van der Waals surface area contributed by atoms with Crippen LogP contribution in [0.2, 0.25) is 0 Å². The first kappa shape index (κ1) is 17.5. The zero-order valence-corrected chi connectivity index (χ0v) is 14.5. The van der Waals surface area contributed by atoms with Gasteiger partial charge in [0.15, 0.2) is 5.82 Å². The van der Waals surface area contributed by atoms with Gasteiger partial charge < -0.3 is 19.1 Å². The summed E-state index contributed by atoms with van der Waals surface area (Å²) < 4.78 is 16.6. The van der Waals surface area contributed by atoms with Gasteiger partial charge in [-0.1, -0.05) is 0 Å². The standard InChI is InChI=1S/C16H17N5O5/c1-10-17-18-19-21(10)12-6-4-11(5-7-12)20-9-26-8-13(15(22)24-2)14(20)16(23)25-3/h4-7H,8-9H2,1-3H3. The number of esters is 2. The molecule has 0 saturated heterocycles. The highest BCUT2D eigenvalue weighted by molar-refractivity contribution is 6.03. The van der Waals surface area contributed by atoms with E-state index in [-0.39, 0.29) is 24.6 Å². The first-order chi connectivity index (χ1) is 12.6. The maximum Gasteiger partial charge on any atom is 0.355 e. The smallest absolute Gasteiger partial charge is 0.355 e. The summed E-state index contributed by atoms with van der Waals surface area (Å²) in [5.74, 6) is -0.646. The largest absolute Gasteiger partial charge is 0.466 e. The van der Waals surface area contributed by atoms with E-state index in [9.17, 15) is 9.59 Å². The molecule has 0 atom stereocenters. The van der Waals surface area contributed by atoms with Gasteiger partial charge in [0.2, 0.25) is 0 Å². The summed E-state index contributed by atoms with van der Waals surface area (Å²) in [7, 11) is 2.49. The van der Waals surface area contributed by atoms with Crippen LogP contribution in [0, 0.1) is 6.92 Å². The number of aryl methyl sites for hydroxylation is 1. The van der Waals surface area contributed by atoms with Crippen LogP contribution in [0.4, 0.5) is 5.69 Å². The van der Waals surface area contributed by atoms with Crippen LogP contribution >= 0.6 is 0 Å². The van der Waals surface area contributed by atoms with Gasteiger partial charge in [0.05, 0.1) is 32.1 Å². The fourth-order valence-electron chi connectivity index (χ4n) is 2.59. The van der Waals surface area contributed by atoms with E-state index in [0.717, 1.165) is 5.69 Å². The number of tetrazole rings is 1. The molecule has 10 heteroatoms. The average molecular weight is 359 g/mol. The molecule has 0 radical (unpaired) electrons. The highest BCUT2D eigenvalue weighted by Gasteiger charge is 2.32. The second-order valence-corrected chi connectivity index (χ2v) is 5.37. The highest BCUT2D eigenvalue weighted by atomic mass is 16.5. The van der Waals surface area contributed by atoms with Gasteiger partial charge in [0.25, 0.3) is 0 Å². The molecule has 2 aromatic rings. The first-order valence-corrected chi connectivity index (χ1v) is 7.67. The molecular formula is C16H17N5O5. The van der Waals surface area contributed by atoms with E-state index in [2.05, 4.69) is 15.5 Å². The van der Waals surface area contributed by atoms with Gasteiger partial charge >= 0.3 is 11.9 Å². The van der Waals surface area contributed by atoms with Crippen molar-refractivity contribution in [1.82, 2.24) is 20.2 Å². The van der Waals surface area contributed by atoms with Crippen LogP contribution in [0.25, 0.3) is 5.69 Å². The van der Waals surface area contributed by atoms with Gasteiger partial charge in [-0.3, -0.25) is 0 Å². The minimum Gasteiger partial charge on any atom is -0.466 e. The predicted molar refractivity (Wildman–Crippen MR) is 88.2 cm³/mol. The second-order valence-electron chi connectivity index (χ2n) is 5.37. The molecule has 3 rings (SSSR count). The summed E-state index contributed by atoms with van der Waals surface area (Å²) in [6.07, 6.45) is 0. The number of carbonyl (C=O) groups is 2. The van der Waals surface area contributed by atoms with Gasteiger partial charge in [0.1, 0.15) is 12.4 Å². The van der Waals surface area contributed by atoms with E-state index < -0.39 is 11.9 Å². The maximum atomic E-state index is 12.3. The van der Waals surface area contributed by atoms with Gasteiger partial charge in [-0.15, -0.1) is 5.10 Å². The molecule has 26 heavy (non-hydrogen) atoms. The van der Waals surface area contributed by atoms with Crippen LogP contribution in [0.3, 0.4) is 0 Å². The van der Waals surface area contributed by atoms with E-state index >= 15 is 0 Å². The Balaban J connectivity index is 1.99. The van der Waals surface area contributed by atoms with Gasteiger partial charge in [-0.25, -0.2) is 9.59 Å². The minimum atomic E-state index is -0.644. The molecule has 10 nitrogen and oxygen atoms in total. The molecular weight excluding hydrogens is 342 g/mol. The van der Waals surface area contributed by atoms with Crippen molar-refractivity contribution in [2.75, 3.05) is 32.5 Å². The lowest BCUT2D eigenvalue weighted by molar-refractivity contribution is -0.140. The Hall–Kier alpha value is -3.27. The van der Waals surface area contributed by atoms with E-state index in [1.54, 1.807) is 40.8 Å². The van der Waals surface area contributed by atoms with Crippen LogP contribution in [0.15, 0.2) is 35.5 Å². The lowest BCUT2D eigenvalue weighted by Crippen LogP contribution is -2.38. The Labute approximate surface area is 148 Å². The van der Waals surface area contributed by atoms with E-state index in [4.69, 9.17) is 14.2 Å². The molecule has 1 aromatic heterocycles. The van der Waals surface area contributed by atoms with Crippen molar-refractivity contribution in [1.29, 1.82) is 0 Å². The first-order valence-electron chi connectivity index (χ1n) is 7.67. The summed E-state index contributed by atoms with van der Waals surface area (Å²) >= 11 is 0. The van der Waals surface area contributed by atoms with Crippen LogP contribution in [-0.4, -0.2) is 59.7 Å². The Bertz CT molecular complexity index is 858. The molecule has 2 heterocycles. The van der Waals surface area contributed by atoms with Crippen molar-refractivity contribution in [2.24, 2.45) is 0 Å². The van der Waals surface area contributed by atoms with Crippen molar-refractivity contribution < 1.29 is 23.8 Å². The zero-order chi connectivity index (χ0) is 18.7. The SMILES string of the molecule is COC(=O)C1=C(C(=O)OC)N(c2ccc(-n3nnnc3C)cc2)COC1. The minimum absolute atomic E-state index is 0.0322. The second kappa shape index (κ2) is 7.31. The normalized spacial score (nSPS) is 14.3. The monoisotopic (exact) mass is 359 g/mol. The number of nitrogens with zero attached hydrogens (tertiary/aromatic N) is 5. The van der Waals surface area contributed by atoms with Gasteiger partial charge in [-0.2, -0.15) is 4.68 Å². The van der Waals surface area contributed by atoms with Crippen LogP contribution in [-0.2, 0) is 23.8 Å². The summed E-state index contributed by atoms with van der Waals surface area (Å²) in [5, 5.41) is 11.4. The highest BCUT2D eigenvalue weighted by Crippen LogP contribution is 2.27. The van der Waals surface area contributed by atoms with Crippen LogP contribution in [0.1, 0.15) is 5.82 Å². The van der Waals surface area contributed by atoms with E-state index in [1.165, 1.54) is 14.2 Å². The summed E-state index contributed by atoms with van der Waals surface area (Å²) in [6, 6.07) is 7.12. The molecule has 1 aliphatic rings. The molecule has 0 unspecified atom stereocenters. The maximum absolute atomic E-state index is 12.3. The topological polar surface area (TPSA) is 109 Å². The van der Waals surface area contributed by atoms with E-state index in [0.29, 0.717) is 11.5 Å². The van der Waals surface area contributed by atoms with Crippen molar-refractivity contribution in [2.45, 2.75) is 6.92 Å². The van der Waals surface area contributed by atoms with E-state index in [1.807, 2.05) is 0 Å². The molecule has 1 aromatic carbocycles. The average Bonchev–Trinajstić information content (AvgIpc) is 3.12. The quantitative estimate of drug-likeness (QED) is 0.715. The number of rotatable bonds is 4. The molecule has 0 saturated carbocycles. The van der Waals surface area contributed by atoms with Crippen molar-refractivity contribution in [3.63, 3.8) is 0 Å². The van der Waals surface area contributed by atoms with Crippen molar-refractivity contribution >= 4 is 17.6 Å². The molecule has 0 fully saturated rings. The number of hydrogen-bond donors (Lipinski definition) is 0. The predicted octanol–water partition coefficient (Wildman–Crippen LogP) is 0.365. The number of methoxy groups -OCH3 is 2. The molecule has 0 spiro atoms. The molecule has 1 aliphatic heterocycles. The summed E-state index contributed by atoms with van der Waals surface area (Å²) in [5.41, 5.74) is 1.59. The molecule has 0 N–H and O–H groups in total. The third-order valence-electron chi connectivity index (χ3n) is 3.86. The summed E-state index contributed by atoms with van der Waals surface area (Å²) in [4.78, 5) is 25.8. The lowest BCUT2D eigenvalue weighted by atomic mass is 10.1. The number of aromatic nitrogens is 4. The third kappa shape index (κ3) is 3.14. The fraction of sp³-hybridized carbons (Fsp3) is 0.312. The summed E-state index contributed by atoms with van der Waals surface area (Å²) in [6.45, 7) is 1.84. The number of benzene rings is 1. The Morgan fingerprint density at radius 1 is 1.08 bits per heavy atom. The number of ether oxygens (including phenoxy) is 3. The van der Waals surface area contributed by atoms with Gasteiger partial charge in [-0.05, 0) is 41.6 Å². The molecule has 0 bridgehead atoms. The number of anilines is 1. The van der Waals surface area contributed by atoms with Crippen LogP contribution in [0.5, 0.6) is 0 Å². The number of carbonyl (C=O) groups excluding carboxylic acids is 2. The Kier molecular flexibility index (Phi) is 4.94.